The standard InChI is InChI=1S/C22H24FN5OS.HI/c1-24-22(28-11-9-27(10-12-28)21-5-3-13-30-21)26-15-17-6-7-20(19(23)14-17)29-18-4-2-8-25-16-18;/h2-8,13-14,16H,9-12,15H2,1H3,(H,24,26);1H. The van der Waals surface area contributed by atoms with E-state index in [0.29, 0.717) is 12.3 Å². The van der Waals surface area contributed by atoms with Gasteiger partial charge in [-0.3, -0.25) is 9.98 Å². The van der Waals surface area contributed by atoms with Crippen molar-refractivity contribution in [3.8, 4) is 11.5 Å². The number of halogens is 2. The van der Waals surface area contributed by atoms with E-state index in [1.54, 1.807) is 49.0 Å². The molecule has 0 radical (unpaired) electrons. The van der Waals surface area contributed by atoms with Gasteiger partial charge >= 0.3 is 0 Å². The number of ether oxygens (including phenoxy) is 1. The lowest BCUT2D eigenvalue weighted by Gasteiger charge is -2.37. The maximum Gasteiger partial charge on any atom is 0.194 e. The second-order valence-corrected chi connectivity index (χ2v) is 7.81. The van der Waals surface area contributed by atoms with E-state index in [2.05, 4.69) is 42.6 Å². The van der Waals surface area contributed by atoms with E-state index in [9.17, 15) is 4.39 Å². The maximum absolute atomic E-state index is 14.5. The predicted molar refractivity (Wildman–Crippen MR) is 134 cm³/mol. The first kappa shape index (κ1) is 23.3. The summed E-state index contributed by atoms with van der Waals surface area (Å²) >= 11 is 1.77. The molecule has 1 aromatic carbocycles. The summed E-state index contributed by atoms with van der Waals surface area (Å²) in [7, 11) is 1.78. The van der Waals surface area contributed by atoms with E-state index in [1.165, 1.54) is 11.1 Å². The number of guanidine groups is 1. The van der Waals surface area contributed by atoms with E-state index < -0.39 is 5.82 Å². The third kappa shape index (κ3) is 6.07. The average molecular weight is 553 g/mol. The normalized spacial score (nSPS) is 14.2. The summed E-state index contributed by atoms with van der Waals surface area (Å²) < 4.78 is 20.0. The third-order valence-corrected chi connectivity index (χ3v) is 5.85. The number of aliphatic imine (C=N–C) groups is 1. The SMILES string of the molecule is CN=C(NCc1ccc(Oc2cccnc2)c(F)c1)N1CCN(c2cccs2)CC1.I. The zero-order chi connectivity index (χ0) is 20.8. The van der Waals surface area contributed by atoms with Crippen molar-refractivity contribution in [2.24, 2.45) is 4.99 Å². The number of benzene rings is 1. The first-order valence-corrected chi connectivity index (χ1v) is 10.7. The molecule has 2 aromatic heterocycles. The molecular weight excluding hydrogens is 528 g/mol. The van der Waals surface area contributed by atoms with Gasteiger partial charge in [-0.2, -0.15) is 0 Å². The summed E-state index contributed by atoms with van der Waals surface area (Å²) in [5.74, 6) is 1.11. The van der Waals surface area contributed by atoms with Crippen molar-refractivity contribution in [2.75, 3.05) is 38.1 Å². The van der Waals surface area contributed by atoms with Crippen LogP contribution in [-0.4, -0.2) is 49.1 Å². The lowest BCUT2D eigenvalue weighted by molar-refractivity contribution is 0.373. The summed E-state index contributed by atoms with van der Waals surface area (Å²) in [5.41, 5.74) is 0.824. The number of thiophene rings is 1. The Morgan fingerprint density at radius 3 is 2.68 bits per heavy atom. The molecule has 1 N–H and O–H groups in total. The van der Waals surface area contributed by atoms with Gasteiger partial charge in [0.2, 0.25) is 0 Å². The first-order valence-electron chi connectivity index (χ1n) is 9.83. The molecule has 0 amide bonds. The third-order valence-electron chi connectivity index (χ3n) is 4.92. The molecule has 0 bridgehead atoms. The molecular formula is C22H25FIN5OS. The Hall–Kier alpha value is -2.40. The van der Waals surface area contributed by atoms with E-state index in [1.807, 2.05) is 6.07 Å². The fraction of sp³-hybridized carbons (Fsp3) is 0.273. The first-order chi connectivity index (χ1) is 14.7. The molecule has 3 aromatic rings. The Morgan fingerprint density at radius 1 is 1.19 bits per heavy atom. The zero-order valence-electron chi connectivity index (χ0n) is 17.2. The number of pyridine rings is 1. The summed E-state index contributed by atoms with van der Waals surface area (Å²) in [6.07, 6.45) is 3.20. The van der Waals surface area contributed by atoms with Crippen LogP contribution in [0.4, 0.5) is 9.39 Å². The minimum atomic E-state index is -0.405. The quantitative estimate of drug-likeness (QED) is 0.285. The monoisotopic (exact) mass is 553 g/mol. The van der Waals surface area contributed by atoms with Crippen LogP contribution in [0.5, 0.6) is 11.5 Å². The molecule has 3 heterocycles. The topological polar surface area (TPSA) is 53.0 Å². The van der Waals surface area contributed by atoms with Crippen LogP contribution < -0.4 is 15.0 Å². The molecule has 4 rings (SSSR count). The highest BCUT2D eigenvalue weighted by Gasteiger charge is 2.20. The van der Waals surface area contributed by atoms with E-state index in [4.69, 9.17) is 4.74 Å². The number of aromatic nitrogens is 1. The van der Waals surface area contributed by atoms with Crippen LogP contribution in [0.2, 0.25) is 0 Å². The molecule has 1 aliphatic heterocycles. The number of nitrogens with zero attached hydrogens (tertiary/aromatic N) is 4. The number of anilines is 1. The van der Waals surface area contributed by atoms with Crippen LogP contribution >= 0.6 is 35.3 Å². The van der Waals surface area contributed by atoms with E-state index in [-0.39, 0.29) is 29.7 Å². The summed E-state index contributed by atoms with van der Waals surface area (Å²) in [6.45, 7) is 4.18. The van der Waals surface area contributed by atoms with Crippen molar-refractivity contribution in [1.82, 2.24) is 15.2 Å². The smallest absolute Gasteiger partial charge is 0.194 e. The van der Waals surface area contributed by atoms with Crippen LogP contribution in [0.3, 0.4) is 0 Å². The van der Waals surface area contributed by atoms with Gasteiger partial charge < -0.3 is 19.9 Å². The lowest BCUT2D eigenvalue weighted by Crippen LogP contribution is -2.52. The fourth-order valence-corrected chi connectivity index (χ4v) is 4.16. The molecule has 1 aliphatic rings. The summed E-state index contributed by atoms with van der Waals surface area (Å²) in [6, 6.07) is 12.7. The zero-order valence-corrected chi connectivity index (χ0v) is 20.3. The number of nitrogens with one attached hydrogen (secondary N) is 1. The molecule has 0 unspecified atom stereocenters. The van der Waals surface area contributed by atoms with Crippen molar-refractivity contribution in [3.05, 3.63) is 71.6 Å². The molecule has 6 nitrogen and oxygen atoms in total. The molecule has 0 saturated carbocycles. The predicted octanol–water partition coefficient (Wildman–Crippen LogP) is 4.59. The number of rotatable bonds is 5. The van der Waals surface area contributed by atoms with Gasteiger partial charge in [0, 0.05) is 46.0 Å². The Bertz CT molecular complexity index is 979. The second-order valence-electron chi connectivity index (χ2n) is 6.88. The Labute approximate surface area is 202 Å². The minimum Gasteiger partial charge on any atom is -0.453 e. The molecule has 0 atom stereocenters. The molecule has 1 saturated heterocycles. The maximum atomic E-state index is 14.5. The van der Waals surface area contributed by atoms with Gasteiger partial charge in [-0.15, -0.1) is 35.3 Å². The highest BCUT2D eigenvalue weighted by atomic mass is 127. The Kier molecular flexibility index (Phi) is 8.47. The van der Waals surface area contributed by atoms with Crippen LogP contribution in [0, 0.1) is 5.82 Å². The largest absolute Gasteiger partial charge is 0.453 e. The van der Waals surface area contributed by atoms with Gasteiger partial charge in [0.05, 0.1) is 11.2 Å². The molecule has 9 heteroatoms. The van der Waals surface area contributed by atoms with Crippen molar-refractivity contribution < 1.29 is 9.13 Å². The summed E-state index contributed by atoms with van der Waals surface area (Å²) in [5, 5.41) is 6.76. The van der Waals surface area contributed by atoms with Gasteiger partial charge in [0.1, 0.15) is 5.75 Å². The van der Waals surface area contributed by atoms with Gasteiger partial charge in [-0.05, 0) is 47.3 Å². The van der Waals surface area contributed by atoms with E-state index in [0.717, 1.165) is 37.7 Å². The van der Waals surface area contributed by atoms with Gasteiger partial charge in [-0.1, -0.05) is 6.07 Å². The fourth-order valence-electron chi connectivity index (χ4n) is 3.37. The van der Waals surface area contributed by atoms with Gasteiger partial charge in [0.15, 0.2) is 17.5 Å². The minimum absolute atomic E-state index is 0. The number of hydrogen-bond acceptors (Lipinski definition) is 5. The van der Waals surface area contributed by atoms with Crippen LogP contribution in [0.1, 0.15) is 5.56 Å². The Morgan fingerprint density at radius 2 is 2.03 bits per heavy atom. The van der Waals surface area contributed by atoms with Crippen molar-refractivity contribution >= 4 is 46.3 Å². The van der Waals surface area contributed by atoms with Crippen molar-refractivity contribution in [1.29, 1.82) is 0 Å². The molecule has 31 heavy (non-hydrogen) atoms. The number of hydrogen-bond donors (Lipinski definition) is 1. The molecule has 0 spiro atoms. The molecule has 0 aliphatic carbocycles. The highest BCUT2D eigenvalue weighted by Crippen LogP contribution is 2.25. The second kappa shape index (κ2) is 11.3. The van der Waals surface area contributed by atoms with Crippen LogP contribution in [0.25, 0.3) is 0 Å². The highest BCUT2D eigenvalue weighted by molar-refractivity contribution is 14.0. The van der Waals surface area contributed by atoms with Crippen LogP contribution in [0.15, 0.2) is 65.2 Å². The average Bonchev–Trinajstić information content (AvgIpc) is 3.32. The summed E-state index contributed by atoms with van der Waals surface area (Å²) in [4.78, 5) is 13.0. The Balaban J connectivity index is 0.00000272. The van der Waals surface area contributed by atoms with E-state index >= 15 is 0 Å². The van der Waals surface area contributed by atoms with Gasteiger partial charge in [-0.25, -0.2) is 4.39 Å². The van der Waals surface area contributed by atoms with Crippen LogP contribution in [-0.2, 0) is 6.54 Å². The lowest BCUT2D eigenvalue weighted by atomic mass is 10.2. The molecule has 1 fully saturated rings. The molecule has 164 valence electrons. The van der Waals surface area contributed by atoms with Crippen molar-refractivity contribution in [2.45, 2.75) is 6.54 Å². The van der Waals surface area contributed by atoms with Gasteiger partial charge in [0.25, 0.3) is 0 Å². The van der Waals surface area contributed by atoms with Crippen molar-refractivity contribution in [3.63, 3.8) is 0 Å². The number of piperazine rings is 1.